The van der Waals surface area contributed by atoms with Crippen LogP contribution in [0.4, 0.5) is 0 Å². The maximum Gasteiger partial charge on any atom is 0.255 e. The predicted molar refractivity (Wildman–Crippen MR) is 93.7 cm³/mol. The van der Waals surface area contributed by atoms with Gasteiger partial charge in [0.25, 0.3) is 5.91 Å². The second-order valence-electron chi connectivity index (χ2n) is 4.43. The van der Waals surface area contributed by atoms with E-state index in [-0.39, 0.29) is 5.91 Å². The van der Waals surface area contributed by atoms with Crippen LogP contribution in [0, 0.1) is 3.57 Å². The molecule has 0 heterocycles. The minimum atomic E-state index is 0.0713. The molecule has 0 spiro atoms. The number of amides is 1. The van der Waals surface area contributed by atoms with Gasteiger partial charge in [-0.25, -0.2) is 0 Å². The van der Waals surface area contributed by atoms with Gasteiger partial charge in [0.1, 0.15) is 0 Å². The van der Waals surface area contributed by atoms with E-state index in [9.17, 15) is 4.79 Å². The molecule has 0 aliphatic carbocycles. The summed E-state index contributed by atoms with van der Waals surface area (Å²) in [6, 6.07) is 15.9. The van der Waals surface area contributed by atoms with Gasteiger partial charge in [-0.15, -0.1) is 0 Å². The van der Waals surface area contributed by atoms with Crippen molar-refractivity contribution in [1.29, 1.82) is 0 Å². The molecule has 2 rings (SSSR count). The Morgan fingerprint density at radius 2 is 1.90 bits per heavy atom. The lowest BCUT2D eigenvalue weighted by Crippen LogP contribution is -2.30. The van der Waals surface area contributed by atoms with Crippen molar-refractivity contribution >= 4 is 44.4 Å². The van der Waals surface area contributed by atoms with Crippen molar-refractivity contribution in [2.24, 2.45) is 0 Å². The topological polar surface area (TPSA) is 20.3 Å². The molecule has 2 aromatic rings. The first-order valence-corrected chi connectivity index (χ1v) is 8.27. The van der Waals surface area contributed by atoms with E-state index in [1.165, 1.54) is 0 Å². The first-order chi connectivity index (χ1) is 9.61. The average molecular weight is 444 g/mol. The fourth-order valence-electron chi connectivity index (χ4n) is 1.96. The van der Waals surface area contributed by atoms with Crippen molar-refractivity contribution in [2.45, 2.75) is 13.5 Å². The molecule has 0 saturated carbocycles. The van der Waals surface area contributed by atoms with E-state index in [0.29, 0.717) is 13.1 Å². The van der Waals surface area contributed by atoms with E-state index in [0.717, 1.165) is 19.2 Å². The Bertz CT molecular complexity index is 601. The largest absolute Gasteiger partial charge is 0.335 e. The molecule has 104 valence electrons. The summed E-state index contributed by atoms with van der Waals surface area (Å²) >= 11 is 5.63. The monoisotopic (exact) mass is 443 g/mol. The summed E-state index contributed by atoms with van der Waals surface area (Å²) < 4.78 is 1.90. The lowest BCUT2D eigenvalue weighted by Gasteiger charge is -2.22. The van der Waals surface area contributed by atoms with E-state index >= 15 is 0 Å². The van der Waals surface area contributed by atoms with Gasteiger partial charge >= 0.3 is 0 Å². The number of hydrogen-bond acceptors (Lipinski definition) is 1. The quantitative estimate of drug-likeness (QED) is 0.626. The first-order valence-electron chi connectivity index (χ1n) is 6.40. The summed E-state index contributed by atoms with van der Waals surface area (Å²) in [5, 5.41) is 0. The lowest BCUT2D eigenvalue weighted by molar-refractivity contribution is 0.0751. The second-order valence-corrected chi connectivity index (χ2v) is 6.51. The molecule has 0 bridgehead atoms. The number of rotatable bonds is 4. The Morgan fingerprint density at radius 3 is 2.55 bits per heavy atom. The van der Waals surface area contributed by atoms with E-state index in [2.05, 4.69) is 38.5 Å². The highest BCUT2D eigenvalue weighted by Crippen LogP contribution is 2.20. The Hall–Kier alpha value is -0.880. The van der Waals surface area contributed by atoms with Crippen LogP contribution < -0.4 is 0 Å². The molecule has 20 heavy (non-hydrogen) atoms. The molecular weight excluding hydrogens is 429 g/mol. The van der Waals surface area contributed by atoms with Gasteiger partial charge in [-0.05, 0) is 53.3 Å². The van der Waals surface area contributed by atoms with Crippen molar-refractivity contribution in [3.05, 3.63) is 67.7 Å². The standard InChI is InChI=1S/C16H15BrINO/c1-2-19(11-12-6-4-3-5-7-12)16(20)14-10-13(17)8-9-15(14)18/h3-10H,2,11H2,1H3. The zero-order valence-corrected chi connectivity index (χ0v) is 14.9. The summed E-state index contributed by atoms with van der Waals surface area (Å²) in [6.07, 6.45) is 0. The summed E-state index contributed by atoms with van der Waals surface area (Å²) in [5.74, 6) is 0.0713. The number of hydrogen-bond donors (Lipinski definition) is 0. The number of nitrogens with zero attached hydrogens (tertiary/aromatic N) is 1. The van der Waals surface area contributed by atoms with E-state index in [1.54, 1.807) is 0 Å². The summed E-state index contributed by atoms with van der Waals surface area (Å²) in [6.45, 7) is 3.33. The normalized spacial score (nSPS) is 10.3. The average Bonchev–Trinajstić information content (AvgIpc) is 2.47. The van der Waals surface area contributed by atoms with Crippen molar-refractivity contribution in [3.63, 3.8) is 0 Å². The molecule has 0 unspecified atom stereocenters. The number of carbonyl (C=O) groups excluding carboxylic acids is 1. The molecule has 0 atom stereocenters. The second kappa shape index (κ2) is 7.22. The summed E-state index contributed by atoms with van der Waals surface area (Å²) in [4.78, 5) is 14.5. The third kappa shape index (κ3) is 3.82. The maximum atomic E-state index is 12.7. The van der Waals surface area contributed by atoms with Crippen LogP contribution in [0.2, 0.25) is 0 Å². The fourth-order valence-corrected chi connectivity index (χ4v) is 2.89. The molecule has 0 aliphatic heterocycles. The van der Waals surface area contributed by atoms with E-state index in [4.69, 9.17) is 0 Å². The minimum Gasteiger partial charge on any atom is -0.335 e. The van der Waals surface area contributed by atoms with E-state index in [1.807, 2.05) is 60.4 Å². The van der Waals surface area contributed by atoms with Gasteiger partial charge in [0.05, 0.1) is 5.56 Å². The fraction of sp³-hybridized carbons (Fsp3) is 0.188. The van der Waals surface area contributed by atoms with Gasteiger partial charge in [-0.3, -0.25) is 4.79 Å². The molecule has 0 saturated heterocycles. The summed E-state index contributed by atoms with van der Waals surface area (Å²) in [5.41, 5.74) is 1.89. The number of halogens is 2. The Balaban J connectivity index is 2.23. The van der Waals surface area contributed by atoms with Gasteiger partial charge < -0.3 is 4.90 Å². The third-order valence-corrected chi connectivity index (χ3v) is 4.48. The third-order valence-electron chi connectivity index (χ3n) is 3.04. The smallest absolute Gasteiger partial charge is 0.255 e. The van der Waals surface area contributed by atoms with Crippen LogP contribution in [-0.4, -0.2) is 17.4 Å². The van der Waals surface area contributed by atoms with Gasteiger partial charge in [-0.2, -0.15) is 0 Å². The van der Waals surface area contributed by atoms with Gasteiger partial charge in [-0.1, -0.05) is 46.3 Å². The molecule has 1 amide bonds. The maximum absolute atomic E-state index is 12.7. The van der Waals surface area contributed by atoms with Crippen LogP contribution >= 0.6 is 38.5 Å². The van der Waals surface area contributed by atoms with Gasteiger partial charge in [0.15, 0.2) is 0 Å². The molecule has 4 heteroatoms. The number of carbonyl (C=O) groups is 1. The Morgan fingerprint density at radius 1 is 1.20 bits per heavy atom. The van der Waals surface area contributed by atoms with Crippen LogP contribution in [0.15, 0.2) is 53.0 Å². The van der Waals surface area contributed by atoms with Crippen molar-refractivity contribution in [1.82, 2.24) is 4.90 Å². The first kappa shape index (κ1) is 15.5. The zero-order chi connectivity index (χ0) is 14.5. The zero-order valence-electron chi connectivity index (χ0n) is 11.1. The van der Waals surface area contributed by atoms with Crippen LogP contribution in [0.5, 0.6) is 0 Å². The molecule has 2 aromatic carbocycles. The molecule has 0 aliphatic rings. The highest BCUT2D eigenvalue weighted by atomic mass is 127. The highest BCUT2D eigenvalue weighted by molar-refractivity contribution is 14.1. The molecule has 0 N–H and O–H groups in total. The predicted octanol–water partition coefficient (Wildman–Crippen LogP) is 4.72. The number of benzene rings is 2. The van der Waals surface area contributed by atoms with Crippen LogP contribution in [0.3, 0.4) is 0 Å². The highest BCUT2D eigenvalue weighted by Gasteiger charge is 2.17. The SMILES string of the molecule is CCN(Cc1ccccc1)C(=O)c1cc(Br)ccc1I. The Kier molecular flexibility index (Phi) is 5.60. The Labute approximate surface area is 141 Å². The van der Waals surface area contributed by atoms with Gasteiger partial charge in [0, 0.05) is 21.1 Å². The van der Waals surface area contributed by atoms with Gasteiger partial charge in [0.2, 0.25) is 0 Å². The lowest BCUT2D eigenvalue weighted by atomic mass is 10.1. The summed E-state index contributed by atoms with van der Waals surface area (Å²) in [7, 11) is 0. The molecule has 0 aromatic heterocycles. The van der Waals surface area contributed by atoms with Crippen molar-refractivity contribution in [2.75, 3.05) is 6.54 Å². The van der Waals surface area contributed by atoms with Crippen molar-refractivity contribution in [3.8, 4) is 0 Å². The van der Waals surface area contributed by atoms with Crippen LogP contribution in [-0.2, 0) is 6.54 Å². The molecular formula is C16H15BrINO. The molecule has 2 nitrogen and oxygen atoms in total. The molecule has 0 fully saturated rings. The van der Waals surface area contributed by atoms with Crippen LogP contribution in [0.1, 0.15) is 22.8 Å². The van der Waals surface area contributed by atoms with E-state index < -0.39 is 0 Å². The van der Waals surface area contributed by atoms with Crippen molar-refractivity contribution < 1.29 is 4.79 Å². The minimum absolute atomic E-state index is 0.0713. The van der Waals surface area contributed by atoms with Crippen LogP contribution in [0.25, 0.3) is 0 Å². The molecule has 0 radical (unpaired) electrons.